The summed E-state index contributed by atoms with van der Waals surface area (Å²) in [6, 6.07) is 4.84. The van der Waals surface area contributed by atoms with Crippen molar-refractivity contribution < 1.29 is 23.1 Å². The Labute approximate surface area is 146 Å². The Hall–Kier alpha value is -3.17. The Kier molecular flexibility index (Phi) is 5.15. The number of aliphatic hydroxyl groups is 1. The lowest BCUT2D eigenvalue weighted by Gasteiger charge is -2.22. The summed E-state index contributed by atoms with van der Waals surface area (Å²) in [5, 5.41) is 22.9. The molecule has 1 aromatic heterocycles. The minimum atomic E-state index is -4.72. The van der Waals surface area contributed by atoms with E-state index in [-0.39, 0.29) is 17.7 Å². The fourth-order valence-corrected chi connectivity index (χ4v) is 2.30. The molecule has 1 atom stereocenters. The van der Waals surface area contributed by atoms with Crippen molar-refractivity contribution in [3.63, 3.8) is 0 Å². The summed E-state index contributed by atoms with van der Waals surface area (Å²) in [7, 11) is 0. The summed E-state index contributed by atoms with van der Waals surface area (Å²) >= 11 is 0. The van der Waals surface area contributed by atoms with E-state index < -0.39 is 35.2 Å². The van der Waals surface area contributed by atoms with Gasteiger partial charge < -0.3 is 5.11 Å². The van der Waals surface area contributed by atoms with Gasteiger partial charge in [-0.25, -0.2) is 4.85 Å². The van der Waals surface area contributed by atoms with Gasteiger partial charge in [0.1, 0.15) is 11.7 Å². The molecule has 0 amide bonds. The SMILES string of the molecule is [C-]#[N+]c1ccc(CC(=O)[C@@](C)(O)Cn2cc(C#N)cn2)cc1C(F)(F)F. The Balaban J connectivity index is 2.20. The maximum atomic E-state index is 13.0. The number of benzene rings is 1. The normalized spacial score (nSPS) is 13.5. The molecule has 1 heterocycles. The van der Waals surface area contributed by atoms with Crippen LogP contribution < -0.4 is 0 Å². The molecular weight excluding hydrogens is 349 g/mol. The predicted molar refractivity (Wildman–Crippen MR) is 84.0 cm³/mol. The lowest BCUT2D eigenvalue weighted by molar-refractivity contribution is -0.138. The number of nitrogens with zero attached hydrogens (tertiary/aromatic N) is 4. The standard InChI is InChI=1S/C17H13F3N4O2/c1-16(26,10-24-9-12(7-21)8-23-24)15(25)6-11-3-4-14(22-2)13(5-11)17(18,19)20/h3-5,8-9,26H,6,10H2,1H3/t16-/m0/s1. The molecule has 6 nitrogen and oxygen atoms in total. The molecule has 2 aromatic rings. The van der Waals surface area contributed by atoms with Crippen LogP contribution in [0.4, 0.5) is 18.9 Å². The molecule has 1 aromatic carbocycles. The van der Waals surface area contributed by atoms with Crippen LogP contribution >= 0.6 is 0 Å². The molecule has 0 fully saturated rings. The zero-order valence-corrected chi connectivity index (χ0v) is 13.6. The molecule has 0 aliphatic heterocycles. The van der Waals surface area contributed by atoms with Crippen molar-refractivity contribution in [2.75, 3.05) is 0 Å². The molecule has 26 heavy (non-hydrogen) atoms. The highest BCUT2D eigenvalue weighted by Crippen LogP contribution is 2.37. The summed E-state index contributed by atoms with van der Waals surface area (Å²) < 4.78 is 40.2. The molecule has 0 saturated heterocycles. The van der Waals surface area contributed by atoms with Crippen LogP contribution in [0.2, 0.25) is 0 Å². The smallest absolute Gasteiger partial charge is 0.380 e. The number of Topliss-reactive ketones (excluding diaryl/α,β-unsaturated/α-hetero) is 1. The van der Waals surface area contributed by atoms with Gasteiger partial charge in [0.2, 0.25) is 0 Å². The molecule has 0 aliphatic rings. The minimum Gasteiger partial charge on any atom is -0.380 e. The summed E-state index contributed by atoms with van der Waals surface area (Å²) in [4.78, 5) is 15.2. The summed E-state index contributed by atoms with van der Waals surface area (Å²) in [6.45, 7) is 7.78. The second-order valence-electron chi connectivity index (χ2n) is 5.87. The van der Waals surface area contributed by atoms with Gasteiger partial charge in [-0.2, -0.15) is 23.5 Å². The van der Waals surface area contributed by atoms with Crippen LogP contribution in [-0.4, -0.2) is 26.3 Å². The van der Waals surface area contributed by atoms with Gasteiger partial charge in [-0.1, -0.05) is 18.2 Å². The van der Waals surface area contributed by atoms with Crippen molar-refractivity contribution in [1.82, 2.24) is 9.78 Å². The number of ketones is 1. The third kappa shape index (κ3) is 4.26. The van der Waals surface area contributed by atoms with Gasteiger partial charge in [0, 0.05) is 12.6 Å². The molecule has 134 valence electrons. The number of hydrogen-bond acceptors (Lipinski definition) is 4. The molecule has 1 N–H and O–H groups in total. The first-order chi connectivity index (χ1) is 12.1. The number of carbonyl (C=O) groups is 1. The molecule has 2 rings (SSSR count). The first-order valence-corrected chi connectivity index (χ1v) is 7.32. The van der Waals surface area contributed by atoms with Crippen LogP contribution in [-0.2, 0) is 23.9 Å². The third-order valence-corrected chi connectivity index (χ3v) is 3.68. The van der Waals surface area contributed by atoms with E-state index in [9.17, 15) is 23.1 Å². The fraction of sp³-hybridized carbons (Fsp3) is 0.294. The monoisotopic (exact) mass is 362 g/mol. The van der Waals surface area contributed by atoms with Gasteiger partial charge in [0.05, 0.1) is 30.4 Å². The van der Waals surface area contributed by atoms with Crippen LogP contribution in [0.1, 0.15) is 23.6 Å². The van der Waals surface area contributed by atoms with Gasteiger partial charge in [-0.15, -0.1) is 0 Å². The van der Waals surface area contributed by atoms with Gasteiger partial charge in [-0.3, -0.25) is 9.48 Å². The lowest BCUT2D eigenvalue weighted by atomic mass is 9.94. The van der Waals surface area contributed by atoms with E-state index in [1.165, 1.54) is 30.1 Å². The van der Waals surface area contributed by atoms with E-state index >= 15 is 0 Å². The molecule has 0 unspecified atom stereocenters. The lowest BCUT2D eigenvalue weighted by Crippen LogP contribution is -2.40. The van der Waals surface area contributed by atoms with E-state index in [2.05, 4.69) is 9.94 Å². The topological polar surface area (TPSA) is 83.3 Å². The fourth-order valence-electron chi connectivity index (χ4n) is 2.30. The average molecular weight is 362 g/mol. The average Bonchev–Trinajstić information content (AvgIpc) is 3.00. The quantitative estimate of drug-likeness (QED) is 0.829. The Morgan fingerprint density at radius 3 is 2.69 bits per heavy atom. The van der Waals surface area contributed by atoms with Gasteiger partial charge in [0.15, 0.2) is 11.5 Å². The van der Waals surface area contributed by atoms with Crippen LogP contribution in [0.15, 0.2) is 30.6 Å². The first-order valence-electron chi connectivity index (χ1n) is 7.32. The van der Waals surface area contributed by atoms with Gasteiger partial charge in [0.25, 0.3) is 0 Å². The van der Waals surface area contributed by atoms with E-state index in [1.54, 1.807) is 0 Å². The minimum absolute atomic E-state index is 0.0354. The Morgan fingerprint density at radius 2 is 2.15 bits per heavy atom. The number of nitriles is 1. The Bertz CT molecular complexity index is 917. The molecule has 0 spiro atoms. The second-order valence-corrected chi connectivity index (χ2v) is 5.87. The van der Waals surface area contributed by atoms with Crippen molar-refractivity contribution in [3.8, 4) is 6.07 Å². The van der Waals surface area contributed by atoms with Crippen molar-refractivity contribution in [2.24, 2.45) is 0 Å². The summed E-state index contributed by atoms with van der Waals surface area (Å²) in [5.74, 6) is -0.713. The number of hydrogen-bond donors (Lipinski definition) is 1. The van der Waals surface area contributed by atoms with E-state index in [4.69, 9.17) is 11.8 Å². The Morgan fingerprint density at radius 1 is 1.46 bits per heavy atom. The first kappa shape index (κ1) is 19.2. The zero-order chi connectivity index (χ0) is 19.5. The molecular formula is C17H13F3N4O2. The highest BCUT2D eigenvalue weighted by Gasteiger charge is 2.35. The number of rotatable bonds is 5. The van der Waals surface area contributed by atoms with Crippen LogP contribution in [0.5, 0.6) is 0 Å². The second kappa shape index (κ2) is 6.98. The van der Waals surface area contributed by atoms with Crippen LogP contribution in [0.3, 0.4) is 0 Å². The van der Waals surface area contributed by atoms with Gasteiger partial charge in [-0.05, 0) is 12.5 Å². The van der Waals surface area contributed by atoms with Crippen molar-refractivity contribution >= 4 is 11.5 Å². The van der Waals surface area contributed by atoms with E-state index in [0.717, 1.165) is 12.1 Å². The van der Waals surface area contributed by atoms with E-state index in [0.29, 0.717) is 0 Å². The molecule has 0 saturated carbocycles. The van der Waals surface area contributed by atoms with Crippen molar-refractivity contribution in [2.45, 2.75) is 31.7 Å². The molecule has 0 aliphatic carbocycles. The molecule has 0 bridgehead atoms. The highest BCUT2D eigenvalue weighted by atomic mass is 19.4. The number of aromatic nitrogens is 2. The summed E-state index contributed by atoms with van der Waals surface area (Å²) in [5.41, 5.74) is -3.29. The zero-order valence-electron chi connectivity index (χ0n) is 13.6. The molecule has 9 heteroatoms. The highest BCUT2D eigenvalue weighted by molar-refractivity contribution is 5.88. The maximum Gasteiger partial charge on any atom is 0.407 e. The number of halogens is 3. The van der Waals surface area contributed by atoms with Crippen LogP contribution in [0, 0.1) is 17.9 Å². The van der Waals surface area contributed by atoms with E-state index in [1.807, 2.05) is 6.07 Å². The van der Waals surface area contributed by atoms with Crippen molar-refractivity contribution in [3.05, 3.63) is 58.7 Å². The van der Waals surface area contributed by atoms with Gasteiger partial charge >= 0.3 is 6.18 Å². The maximum absolute atomic E-state index is 13.0. The van der Waals surface area contributed by atoms with Crippen LogP contribution in [0.25, 0.3) is 4.85 Å². The third-order valence-electron chi connectivity index (χ3n) is 3.68. The molecule has 0 radical (unpaired) electrons. The largest absolute Gasteiger partial charge is 0.407 e. The summed E-state index contributed by atoms with van der Waals surface area (Å²) in [6.07, 6.45) is -2.56. The predicted octanol–water partition coefficient (Wildman–Crippen LogP) is 2.89. The number of alkyl halides is 3. The van der Waals surface area contributed by atoms with Crippen molar-refractivity contribution in [1.29, 1.82) is 5.26 Å². The number of carbonyl (C=O) groups excluding carboxylic acids is 1.